The molecule has 0 atom stereocenters. The fraction of sp³-hybridized carbons (Fsp3) is 0.0870. The number of esters is 1. The van der Waals surface area contributed by atoms with Gasteiger partial charge in [-0.3, -0.25) is 4.79 Å². The Balaban J connectivity index is 1.58. The molecule has 3 rings (SSSR count). The Morgan fingerprint density at radius 2 is 1.66 bits per heavy atom. The van der Waals surface area contributed by atoms with E-state index in [9.17, 15) is 9.59 Å². The number of amides is 1. The number of methoxy groups -OCH3 is 1. The van der Waals surface area contributed by atoms with Crippen molar-refractivity contribution in [3.63, 3.8) is 0 Å². The number of rotatable bonds is 8. The molecule has 0 aliphatic carbocycles. The van der Waals surface area contributed by atoms with E-state index in [0.29, 0.717) is 27.1 Å². The maximum atomic E-state index is 12.4. The molecule has 0 aliphatic heterocycles. The van der Waals surface area contributed by atoms with Crippen molar-refractivity contribution < 1.29 is 23.8 Å². The maximum absolute atomic E-state index is 12.4. The van der Waals surface area contributed by atoms with Crippen molar-refractivity contribution in [2.75, 3.05) is 13.7 Å². The van der Waals surface area contributed by atoms with Crippen LogP contribution in [0, 0.1) is 0 Å². The van der Waals surface area contributed by atoms with E-state index in [1.54, 1.807) is 48.5 Å². The molecule has 9 heteroatoms. The molecule has 164 valence electrons. The van der Waals surface area contributed by atoms with Crippen LogP contribution in [0.5, 0.6) is 17.2 Å². The van der Waals surface area contributed by atoms with Gasteiger partial charge in [0, 0.05) is 4.47 Å². The van der Waals surface area contributed by atoms with Crippen LogP contribution in [0.4, 0.5) is 0 Å². The molecule has 0 radical (unpaired) electrons. The van der Waals surface area contributed by atoms with Crippen LogP contribution in [0.15, 0.2) is 80.8 Å². The van der Waals surface area contributed by atoms with Crippen molar-refractivity contribution in [3.05, 3.63) is 86.8 Å². The Morgan fingerprint density at radius 3 is 2.38 bits per heavy atom. The Hall–Kier alpha value is -3.17. The number of hydrogen-bond donors (Lipinski definition) is 1. The van der Waals surface area contributed by atoms with Crippen molar-refractivity contribution >= 4 is 50.0 Å². The molecule has 0 heterocycles. The molecule has 7 nitrogen and oxygen atoms in total. The van der Waals surface area contributed by atoms with Crippen molar-refractivity contribution in [2.24, 2.45) is 5.10 Å². The fourth-order valence-electron chi connectivity index (χ4n) is 2.55. The Kier molecular flexibility index (Phi) is 8.41. The lowest BCUT2D eigenvalue weighted by Crippen LogP contribution is -2.24. The summed E-state index contributed by atoms with van der Waals surface area (Å²) in [4.78, 5) is 24.4. The third-order valence-corrected chi connectivity index (χ3v) is 5.43. The summed E-state index contributed by atoms with van der Waals surface area (Å²) >= 11 is 6.68. The highest BCUT2D eigenvalue weighted by Gasteiger charge is 2.15. The normalized spacial score (nSPS) is 10.6. The third kappa shape index (κ3) is 6.41. The molecule has 32 heavy (non-hydrogen) atoms. The minimum atomic E-state index is -0.519. The summed E-state index contributed by atoms with van der Waals surface area (Å²) in [6.45, 7) is -0.187. The standard InChI is InChI=1S/C23H18Br2N2O5/c1-30-21-12-15(10-11-20(21)32-23(29)16-6-2-3-7-17(16)24)13-26-27-22(28)14-31-19-9-5-4-8-18(19)25/h2-13H,14H2,1H3,(H,27,28). The Bertz CT molecular complexity index is 1150. The zero-order valence-electron chi connectivity index (χ0n) is 16.9. The summed E-state index contributed by atoms with van der Waals surface area (Å²) in [7, 11) is 1.47. The van der Waals surface area contributed by atoms with E-state index in [1.807, 2.05) is 18.2 Å². The largest absolute Gasteiger partial charge is 0.493 e. The van der Waals surface area contributed by atoms with E-state index < -0.39 is 11.9 Å². The minimum Gasteiger partial charge on any atom is -0.493 e. The summed E-state index contributed by atoms with van der Waals surface area (Å²) in [5.74, 6) is 0.232. The minimum absolute atomic E-state index is 0.187. The first-order valence-corrected chi connectivity index (χ1v) is 10.9. The molecule has 0 aliphatic rings. The van der Waals surface area contributed by atoms with Crippen LogP contribution in [-0.4, -0.2) is 31.8 Å². The van der Waals surface area contributed by atoms with Gasteiger partial charge < -0.3 is 14.2 Å². The molecule has 0 unspecified atom stereocenters. The molecule has 0 saturated carbocycles. The number of carbonyl (C=O) groups is 2. The number of hydrazone groups is 1. The number of carbonyl (C=O) groups excluding carboxylic acids is 2. The highest BCUT2D eigenvalue weighted by Crippen LogP contribution is 2.29. The van der Waals surface area contributed by atoms with Crippen LogP contribution in [0.3, 0.4) is 0 Å². The molecule has 0 bridgehead atoms. The van der Waals surface area contributed by atoms with Gasteiger partial charge in [0.25, 0.3) is 5.91 Å². The van der Waals surface area contributed by atoms with E-state index in [4.69, 9.17) is 14.2 Å². The number of hydrogen-bond acceptors (Lipinski definition) is 6. The van der Waals surface area contributed by atoms with Gasteiger partial charge in [-0.1, -0.05) is 24.3 Å². The first-order valence-electron chi connectivity index (χ1n) is 9.32. The van der Waals surface area contributed by atoms with Gasteiger partial charge in [0.15, 0.2) is 18.1 Å². The average molecular weight is 562 g/mol. The predicted molar refractivity (Wildman–Crippen MR) is 127 cm³/mol. The van der Waals surface area contributed by atoms with Crippen molar-refractivity contribution in [1.29, 1.82) is 0 Å². The van der Waals surface area contributed by atoms with Gasteiger partial charge in [-0.25, -0.2) is 10.2 Å². The molecule has 0 spiro atoms. The highest BCUT2D eigenvalue weighted by atomic mass is 79.9. The number of ether oxygens (including phenoxy) is 3. The van der Waals surface area contributed by atoms with Crippen LogP contribution in [0.25, 0.3) is 0 Å². The molecule has 0 fully saturated rings. The molecule has 3 aromatic rings. The van der Waals surface area contributed by atoms with Crippen molar-refractivity contribution in [1.82, 2.24) is 5.43 Å². The number of halogens is 2. The monoisotopic (exact) mass is 560 g/mol. The molecular weight excluding hydrogens is 544 g/mol. The molecular formula is C23H18Br2N2O5. The summed E-state index contributed by atoms with van der Waals surface area (Å²) in [5, 5.41) is 3.92. The second-order valence-corrected chi connectivity index (χ2v) is 8.00. The first kappa shape index (κ1) is 23.5. The lowest BCUT2D eigenvalue weighted by molar-refractivity contribution is -0.123. The Labute approximate surface area is 201 Å². The quantitative estimate of drug-likeness (QED) is 0.182. The SMILES string of the molecule is COc1cc(C=NNC(=O)COc2ccccc2Br)ccc1OC(=O)c1ccccc1Br. The first-order chi connectivity index (χ1) is 15.5. The summed E-state index contributed by atoms with van der Waals surface area (Å²) in [6.07, 6.45) is 1.44. The highest BCUT2D eigenvalue weighted by molar-refractivity contribution is 9.10. The molecule has 0 aromatic heterocycles. The molecule has 0 saturated heterocycles. The number of nitrogens with zero attached hydrogens (tertiary/aromatic N) is 1. The van der Waals surface area contributed by atoms with E-state index in [-0.39, 0.29) is 12.4 Å². The van der Waals surface area contributed by atoms with Crippen molar-refractivity contribution in [3.8, 4) is 17.2 Å². The third-order valence-electron chi connectivity index (χ3n) is 4.08. The smallest absolute Gasteiger partial charge is 0.344 e. The van der Waals surface area contributed by atoms with Gasteiger partial charge in [0.1, 0.15) is 5.75 Å². The van der Waals surface area contributed by atoms with E-state index in [1.165, 1.54) is 13.3 Å². The molecule has 1 N–H and O–H groups in total. The maximum Gasteiger partial charge on any atom is 0.344 e. The number of para-hydroxylation sites is 1. The molecule has 1 amide bonds. The summed E-state index contributed by atoms with van der Waals surface area (Å²) in [6, 6.07) is 19.1. The second-order valence-electron chi connectivity index (χ2n) is 6.29. The van der Waals surface area contributed by atoms with Gasteiger partial charge in [-0.05, 0) is 79.9 Å². The molecule has 3 aromatic carbocycles. The van der Waals surface area contributed by atoms with Crippen LogP contribution in [0.1, 0.15) is 15.9 Å². The van der Waals surface area contributed by atoms with Crippen LogP contribution in [-0.2, 0) is 4.79 Å². The van der Waals surface area contributed by atoms with Gasteiger partial charge in [-0.2, -0.15) is 5.10 Å². The lowest BCUT2D eigenvalue weighted by atomic mass is 10.2. The van der Waals surface area contributed by atoms with Gasteiger partial charge in [0.2, 0.25) is 0 Å². The summed E-state index contributed by atoms with van der Waals surface area (Å²) in [5.41, 5.74) is 3.42. The van der Waals surface area contributed by atoms with Crippen LogP contribution >= 0.6 is 31.9 Å². The van der Waals surface area contributed by atoms with E-state index in [2.05, 4.69) is 42.4 Å². The zero-order chi connectivity index (χ0) is 22.9. The van der Waals surface area contributed by atoms with Gasteiger partial charge >= 0.3 is 5.97 Å². The predicted octanol–water partition coefficient (Wildman–Crippen LogP) is 4.97. The van der Waals surface area contributed by atoms with E-state index >= 15 is 0 Å². The number of benzene rings is 3. The second kappa shape index (κ2) is 11.4. The van der Waals surface area contributed by atoms with E-state index in [0.717, 1.165) is 4.47 Å². The van der Waals surface area contributed by atoms with Crippen LogP contribution < -0.4 is 19.6 Å². The van der Waals surface area contributed by atoms with Gasteiger partial charge in [-0.15, -0.1) is 0 Å². The lowest BCUT2D eigenvalue weighted by Gasteiger charge is -2.10. The topological polar surface area (TPSA) is 86.2 Å². The van der Waals surface area contributed by atoms with Gasteiger partial charge in [0.05, 0.1) is 23.4 Å². The number of nitrogens with one attached hydrogen (secondary N) is 1. The zero-order valence-corrected chi connectivity index (χ0v) is 20.1. The summed E-state index contributed by atoms with van der Waals surface area (Å²) < 4.78 is 17.6. The van der Waals surface area contributed by atoms with Crippen molar-refractivity contribution in [2.45, 2.75) is 0 Å². The fourth-order valence-corrected chi connectivity index (χ4v) is 3.39. The average Bonchev–Trinajstić information content (AvgIpc) is 2.79. The Morgan fingerprint density at radius 1 is 0.938 bits per heavy atom. The van der Waals surface area contributed by atoms with Crippen LogP contribution in [0.2, 0.25) is 0 Å².